The maximum absolute atomic E-state index is 3.05. The van der Waals surface area contributed by atoms with Gasteiger partial charge in [-0.15, -0.1) is 0 Å². The summed E-state index contributed by atoms with van der Waals surface area (Å²) < 4.78 is 0. The van der Waals surface area contributed by atoms with E-state index in [-0.39, 0.29) is 5.54 Å². The second kappa shape index (κ2) is 3.88. The summed E-state index contributed by atoms with van der Waals surface area (Å²) in [7, 11) is 3.83. The molecule has 3 N–H and O–H groups in total. The Morgan fingerprint density at radius 3 is 1.90 bits per heavy atom. The smallest absolute Gasteiger partial charge is 0.0253 e. The van der Waals surface area contributed by atoms with E-state index in [2.05, 4.69) is 37.3 Å². The molecule has 0 aromatic carbocycles. The normalized spacial score (nSPS) is 12.6. The molecule has 10 heavy (non-hydrogen) atoms. The molecule has 0 spiro atoms. The Labute approximate surface area is 62.9 Å². The fourth-order valence-electron chi connectivity index (χ4n) is 0.327. The first-order chi connectivity index (χ1) is 4.42. The van der Waals surface area contributed by atoms with Crippen LogP contribution in [0.15, 0.2) is 0 Å². The molecule has 0 saturated carbocycles. The van der Waals surface area contributed by atoms with E-state index in [1.165, 1.54) is 0 Å². The van der Waals surface area contributed by atoms with Crippen molar-refractivity contribution in [2.75, 3.05) is 14.1 Å². The fraction of sp³-hybridized carbons (Fsp3) is 1.00. The van der Waals surface area contributed by atoms with E-state index >= 15 is 0 Å². The van der Waals surface area contributed by atoms with Crippen molar-refractivity contribution in [2.24, 2.45) is 0 Å². The van der Waals surface area contributed by atoms with Crippen molar-refractivity contribution in [3.63, 3.8) is 0 Å². The van der Waals surface area contributed by atoms with Gasteiger partial charge in [0, 0.05) is 19.6 Å². The summed E-state index contributed by atoms with van der Waals surface area (Å²) in [5, 5.41) is 1.82. The summed E-state index contributed by atoms with van der Waals surface area (Å²) in [4.78, 5) is 0. The van der Waals surface area contributed by atoms with Crippen LogP contribution in [0, 0.1) is 0 Å². The molecule has 0 radical (unpaired) electrons. The standard InChI is InChI=1S/C6H18N4/c1-6(2,3)7-8-9-10(4)5/h7-9H,1-5H3. The monoisotopic (exact) mass is 146 g/mol. The maximum Gasteiger partial charge on any atom is 0.0253 e. The van der Waals surface area contributed by atoms with Crippen molar-refractivity contribution in [1.29, 1.82) is 0 Å². The molecule has 4 heteroatoms. The largest absolute Gasteiger partial charge is 0.238 e. The minimum absolute atomic E-state index is 0.0863. The second-order valence-electron chi connectivity index (χ2n) is 3.51. The zero-order valence-electron chi connectivity index (χ0n) is 7.45. The van der Waals surface area contributed by atoms with Gasteiger partial charge in [0.1, 0.15) is 0 Å². The van der Waals surface area contributed by atoms with E-state index in [1.54, 1.807) is 0 Å². The van der Waals surface area contributed by atoms with Gasteiger partial charge in [0.15, 0.2) is 0 Å². The van der Waals surface area contributed by atoms with Gasteiger partial charge in [0.2, 0.25) is 0 Å². The molecular formula is C6H18N4. The lowest BCUT2D eigenvalue weighted by Gasteiger charge is -2.23. The fourth-order valence-corrected chi connectivity index (χ4v) is 0.327. The van der Waals surface area contributed by atoms with Gasteiger partial charge < -0.3 is 0 Å². The van der Waals surface area contributed by atoms with E-state index in [9.17, 15) is 0 Å². The summed E-state index contributed by atoms with van der Waals surface area (Å²) in [5.41, 5.74) is 8.86. The van der Waals surface area contributed by atoms with Gasteiger partial charge >= 0.3 is 0 Å². The minimum Gasteiger partial charge on any atom is -0.238 e. The topological polar surface area (TPSA) is 39.3 Å². The highest BCUT2D eigenvalue weighted by Gasteiger charge is 2.06. The zero-order chi connectivity index (χ0) is 8.20. The van der Waals surface area contributed by atoms with Crippen molar-refractivity contribution >= 4 is 0 Å². The van der Waals surface area contributed by atoms with Gasteiger partial charge in [-0.2, -0.15) is 11.1 Å². The van der Waals surface area contributed by atoms with Crippen LogP contribution in [-0.2, 0) is 0 Å². The van der Waals surface area contributed by atoms with Crippen molar-refractivity contribution in [1.82, 2.24) is 21.5 Å². The maximum atomic E-state index is 3.05. The Morgan fingerprint density at radius 2 is 1.60 bits per heavy atom. The summed E-state index contributed by atoms with van der Waals surface area (Å²) in [6.45, 7) is 6.24. The van der Waals surface area contributed by atoms with Gasteiger partial charge in [-0.3, -0.25) is 0 Å². The Bertz CT molecular complexity index is 84.2. The Balaban J connectivity index is 3.21. The highest BCUT2D eigenvalue weighted by Crippen LogP contribution is 1.94. The van der Waals surface area contributed by atoms with Crippen LogP contribution in [0.4, 0.5) is 0 Å². The van der Waals surface area contributed by atoms with Crippen molar-refractivity contribution in [3.05, 3.63) is 0 Å². The number of hydrogen-bond donors (Lipinski definition) is 3. The molecule has 0 aliphatic carbocycles. The molecule has 4 nitrogen and oxygen atoms in total. The average molecular weight is 146 g/mol. The lowest BCUT2D eigenvalue weighted by molar-refractivity contribution is 0.180. The Hall–Kier alpha value is -0.160. The first kappa shape index (κ1) is 9.84. The molecule has 0 amide bonds. The highest BCUT2D eigenvalue weighted by molar-refractivity contribution is 4.65. The summed E-state index contributed by atoms with van der Waals surface area (Å²) in [5.74, 6) is 0. The van der Waals surface area contributed by atoms with Gasteiger partial charge in [-0.05, 0) is 20.8 Å². The molecule has 0 bridgehead atoms. The third kappa shape index (κ3) is 7.84. The van der Waals surface area contributed by atoms with Crippen molar-refractivity contribution in [2.45, 2.75) is 26.3 Å². The van der Waals surface area contributed by atoms with Crippen LogP contribution in [0.5, 0.6) is 0 Å². The summed E-state index contributed by atoms with van der Waals surface area (Å²) >= 11 is 0. The van der Waals surface area contributed by atoms with E-state index in [0.717, 1.165) is 0 Å². The molecule has 0 rings (SSSR count). The predicted octanol–water partition coefficient (Wildman–Crippen LogP) is -0.140. The van der Waals surface area contributed by atoms with Gasteiger partial charge in [-0.25, -0.2) is 10.4 Å². The first-order valence-corrected chi connectivity index (χ1v) is 3.37. The van der Waals surface area contributed by atoms with Crippen LogP contribution in [0.1, 0.15) is 20.8 Å². The number of hydrazine groups is 3. The molecule has 0 heterocycles. The molecular weight excluding hydrogens is 128 g/mol. The lowest BCUT2D eigenvalue weighted by Crippen LogP contribution is -2.56. The number of rotatable bonds is 3. The third-order valence-corrected chi connectivity index (χ3v) is 0.717. The molecule has 0 fully saturated rings. The van der Waals surface area contributed by atoms with Crippen molar-refractivity contribution < 1.29 is 0 Å². The van der Waals surface area contributed by atoms with Crippen molar-refractivity contribution in [3.8, 4) is 0 Å². The summed E-state index contributed by atoms with van der Waals surface area (Å²) in [6.07, 6.45) is 0. The van der Waals surface area contributed by atoms with E-state index < -0.39 is 0 Å². The molecule has 0 unspecified atom stereocenters. The van der Waals surface area contributed by atoms with Gasteiger partial charge in [-0.1, -0.05) is 0 Å². The molecule has 0 aliphatic rings. The molecule has 62 valence electrons. The number of hydrogen-bond acceptors (Lipinski definition) is 4. The number of nitrogens with one attached hydrogen (secondary N) is 3. The van der Waals surface area contributed by atoms with E-state index in [0.29, 0.717) is 0 Å². The highest BCUT2D eigenvalue weighted by atomic mass is 15.8. The van der Waals surface area contributed by atoms with E-state index in [1.807, 2.05) is 19.1 Å². The Morgan fingerprint density at radius 1 is 1.10 bits per heavy atom. The average Bonchev–Trinajstić information content (AvgIpc) is 1.59. The summed E-state index contributed by atoms with van der Waals surface area (Å²) in [6, 6.07) is 0. The number of nitrogens with zero attached hydrogens (tertiary/aromatic N) is 1. The second-order valence-corrected chi connectivity index (χ2v) is 3.51. The van der Waals surface area contributed by atoms with Gasteiger partial charge in [0.25, 0.3) is 0 Å². The molecule has 0 aliphatic heterocycles. The Kier molecular flexibility index (Phi) is 3.81. The van der Waals surface area contributed by atoms with Crippen LogP contribution in [-0.4, -0.2) is 24.6 Å². The quantitative estimate of drug-likeness (QED) is 0.485. The van der Waals surface area contributed by atoms with Crippen LogP contribution in [0.25, 0.3) is 0 Å². The zero-order valence-corrected chi connectivity index (χ0v) is 7.45. The lowest BCUT2D eigenvalue weighted by atomic mass is 10.1. The van der Waals surface area contributed by atoms with Gasteiger partial charge in [0.05, 0.1) is 0 Å². The SMILES string of the molecule is CN(C)NNNC(C)(C)C. The van der Waals surface area contributed by atoms with E-state index in [4.69, 9.17) is 0 Å². The minimum atomic E-state index is 0.0863. The molecule has 0 aromatic heterocycles. The van der Waals surface area contributed by atoms with Crippen LogP contribution >= 0.6 is 0 Å². The molecule has 0 saturated heterocycles. The van der Waals surface area contributed by atoms with Crippen LogP contribution in [0.2, 0.25) is 0 Å². The van der Waals surface area contributed by atoms with Crippen LogP contribution < -0.4 is 16.5 Å². The predicted molar refractivity (Wildman–Crippen MR) is 42.8 cm³/mol. The first-order valence-electron chi connectivity index (χ1n) is 3.37. The molecule has 0 atom stereocenters. The molecule has 0 aromatic rings. The third-order valence-electron chi connectivity index (χ3n) is 0.717. The van der Waals surface area contributed by atoms with Crippen LogP contribution in [0.3, 0.4) is 0 Å².